The number of rotatable bonds is 6. The third-order valence-corrected chi connectivity index (χ3v) is 3.17. The van der Waals surface area contributed by atoms with Crippen molar-refractivity contribution in [3.63, 3.8) is 0 Å². The van der Waals surface area contributed by atoms with Gasteiger partial charge in [0.2, 0.25) is 0 Å². The molecule has 21 heavy (non-hydrogen) atoms. The van der Waals surface area contributed by atoms with Crippen LogP contribution in [0.3, 0.4) is 0 Å². The number of aromatic hydroxyl groups is 1. The molecule has 7 nitrogen and oxygen atoms in total. The summed E-state index contributed by atoms with van der Waals surface area (Å²) in [6.07, 6.45) is 1.35. The molecule has 1 aromatic rings. The van der Waals surface area contributed by atoms with Gasteiger partial charge in [0.25, 0.3) is 5.75 Å². The van der Waals surface area contributed by atoms with Gasteiger partial charge in [-0.2, -0.15) is 0 Å². The molecule has 0 saturated heterocycles. The fourth-order valence-electron chi connectivity index (χ4n) is 2.77. The molecule has 1 N–H and O–H groups in total. The molecule has 0 amide bonds. The van der Waals surface area contributed by atoms with Crippen molar-refractivity contribution in [2.45, 2.75) is 40.5 Å². The fraction of sp³-hybridized carbons (Fsp3) is 0.571. The van der Waals surface area contributed by atoms with Crippen LogP contribution in [0.25, 0.3) is 0 Å². The van der Waals surface area contributed by atoms with E-state index in [9.17, 15) is 25.3 Å². The van der Waals surface area contributed by atoms with E-state index in [1.807, 2.05) is 13.8 Å². The van der Waals surface area contributed by atoms with E-state index < -0.39 is 27.0 Å². The zero-order chi connectivity index (χ0) is 16.4. The molecule has 7 heteroatoms. The van der Waals surface area contributed by atoms with Crippen molar-refractivity contribution in [3.8, 4) is 5.75 Å². The highest BCUT2D eigenvalue weighted by atomic mass is 16.6. The largest absolute Gasteiger partial charge is 0.497 e. The van der Waals surface area contributed by atoms with Gasteiger partial charge in [0.1, 0.15) is 0 Å². The molecule has 116 valence electrons. The Labute approximate surface area is 122 Å². The van der Waals surface area contributed by atoms with Crippen molar-refractivity contribution in [1.29, 1.82) is 0 Å². The van der Waals surface area contributed by atoms with Crippen molar-refractivity contribution in [2.75, 3.05) is 0 Å². The Morgan fingerprint density at radius 2 is 1.57 bits per heavy atom. The minimum atomic E-state index is -0.893. The topological polar surface area (TPSA) is 107 Å². The van der Waals surface area contributed by atoms with Crippen LogP contribution in [0.5, 0.6) is 5.75 Å². The van der Waals surface area contributed by atoms with E-state index in [0.717, 1.165) is 6.42 Å². The van der Waals surface area contributed by atoms with E-state index in [2.05, 4.69) is 13.8 Å². The third kappa shape index (κ3) is 4.40. The monoisotopic (exact) mass is 296 g/mol. The SMILES string of the molecule is CC(C)CC(C)(C)Cc1cc([N+](=O)[O-])c(O)c([N+](=O)[O-])c1. The Kier molecular flexibility index (Phi) is 4.88. The lowest BCUT2D eigenvalue weighted by atomic mass is 9.79. The second-order valence-corrected chi connectivity index (χ2v) is 6.44. The van der Waals surface area contributed by atoms with E-state index in [1.165, 1.54) is 12.1 Å². The van der Waals surface area contributed by atoms with Crippen LogP contribution in [0.4, 0.5) is 11.4 Å². The molecule has 0 aliphatic rings. The number of phenolic OH excluding ortho intramolecular Hbond substituents is 1. The molecule has 0 aliphatic carbocycles. The summed E-state index contributed by atoms with van der Waals surface area (Å²) in [5, 5.41) is 31.4. The molecule has 0 spiro atoms. The van der Waals surface area contributed by atoms with E-state index in [4.69, 9.17) is 0 Å². The zero-order valence-electron chi connectivity index (χ0n) is 12.6. The van der Waals surface area contributed by atoms with Crippen LogP contribution in [-0.4, -0.2) is 15.0 Å². The highest BCUT2D eigenvalue weighted by Crippen LogP contribution is 2.39. The van der Waals surface area contributed by atoms with Gasteiger partial charge in [0.15, 0.2) is 0 Å². The number of nitrogens with zero attached hydrogens (tertiary/aromatic N) is 2. The molecule has 1 rings (SSSR count). The Hall–Kier alpha value is -2.18. The van der Waals surface area contributed by atoms with Gasteiger partial charge in [-0.25, -0.2) is 0 Å². The lowest BCUT2D eigenvalue weighted by Gasteiger charge is -2.26. The summed E-state index contributed by atoms with van der Waals surface area (Å²) in [6.45, 7) is 8.17. The average Bonchev–Trinajstić information content (AvgIpc) is 2.28. The summed E-state index contributed by atoms with van der Waals surface area (Å²) in [5.74, 6) is -0.447. The van der Waals surface area contributed by atoms with Crippen LogP contribution < -0.4 is 0 Å². The number of phenols is 1. The molecule has 0 saturated carbocycles. The van der Waals surface area contributed by atoms with Gasteiger partial charge in [0, 0.05) is 12.1 Å². The molecular weight excluding hydrogens is 276 g/mol. The van der Waals surface area contributed by atoms with E-state index in [-0.39, 0.29) is 5.41 Å². The Morgan fingerprint density at radius 1 is 1.14 bits per heavy atom. The smallest absolute Gasteiger partial charge is 0.318 e. The van der Waals surface area contributed by atoms with E-state index in [0.29, 0.717) is 17.9 Å². The first-order valence-electron chi connectivity index (χ1n) is 6.68. The highest BCUT2D eigenvalue weighted by molar-refractivity contribution is 5.61. The first-order chi connectivity index (χ1) is 9.53. The number of nitro benzene ring substituents is 2. The lowest BCUT2D eigenvalue weighted by Crippen LogP contribution is -2.18. The van der Waals surface area contributed by atoms with Gasteiger partial charge in [-0.05, 0) is 29.7 Å². The van der Waals surface area contributed by atoms with Crippen LogP contribution in [0.2, 0.25) is 0 Å². The van der Waals surface area contributed by atoms with Gasteiger partial charge in [-0.1, -0.05) is 27.7 Å². The van der Waals surface area contributed by atoms with Gasteiger partial charge < -0.3 is 5.11 Å². The highest BCUT2D eigenvalue weighted by Gasteiger charge is 2.28. The molecule has 0 radical (unpaired) electrons. The Balaban J connectivity index is 3.25. The minimum absolute atomic E-state index is 0.146. The molecule has 0 aromatic heterocycles. The van der Waals surface area contributed by atoms with Crippen molar-refractivity contribution >= 4 is 11.4 Å². The predicted molar refractivity (Wildman–Crippen MR) is 78.4 cm³/mol. The first-order valence-corrected chi connectivity index (χ1v) is 6.68. The third-order valence-electron chi connectivity index (χ3n) is 3.17. The van der Waals surface area contributed by atoms with Crippen LogP contribution in [0.15, 0.2) is 12.1 Å². The Morgan fingerprint density at radius 3 is 1.90 bits per heavy atom. The first kappa shape index (κ1) is 16.9. The summed E-state index contributed by atoms with van der Waals surface area (Å²) in [4.78, 5) is 20.2. The summed E-state index contributed by atoms with van der Waals surface area (Å²) in [5.41, 5.74) is -0.914. The average molecular weight is 296 g/mol. The maximum Gasteiger partial charge on any atom is 0.318 e. The van der Waals surface area contributed by atoms with Crippen molar-refractivity contribution in [1.82, 2.24) is 0 Å². The minimum Gasteiger partial charge on any atom is -0.497 e. The summed E-state index contributed by atoms with van der Waals surface area (Å²) < 4.78 is 0. The van der Waals surface area contributed by atoms with E-state index >= 15 is 0 Å². The molecule has 0 atom stereocenters. The number of hydrogen-bond donors (Lipinski definition) is 1. The second kappa shape index (κ2) is 6.07. The van der Waals surface area contributed by atoms with Crippen molar-refractivity contribution < 1.29 is 15.0 Å². The molecule has 0 unspecified atom stereocenters. The molecule has 0 fully saturated rings. The number of hydrogen-bond acceptors (Lipinski definition) is 5. The van der Waals surface area contributed by atoms with Gasteiger partial charge in [0.05, 0.1) is 9.85 Å². The van der Waals surface area contributed by atoms with Gasteiger partial charge in [-0.15, -0.1) is 0 Å². The Bertz CT molecular complexity index is 531. The van der Waals surface area contributed by atoms with Crippen LogP contribution >= 0.6 is 0 Å². The molecule has 0 bridgehead atoms. The lowest BCUT2D eigenvalue weighted by molar-refractivity contribution is -0.396. The van der Waals surface area contributed by atoms with Gasteiger partial charge >= 0.3 is 11.4 Å². The van der Waals surface area contributed by atoms with Crippen LogP contribution in [-0.2, 0) is 6.42 Å². The summed E-state index contributed by atoms with van der Waals surface area (Å²) in [7, 11) is 0. The van der Waals surface area contributed by atoms with Gasteiger partial charge in [-0.3, -0.25) is 20.2 Å². The maximum absolute atomic E-state index is 10.9. The summed E-state index contributed by atoms with van der Waals surface area (Å²) >= 11 is 0. The normalized spacial score (nSPS) is 11.7. The molecule has 0 aliphatic heterocycles. The standard InChI is InChI=1S/C14H20N2O5/c1-9(2)7-14(3,4)8-10-5-11(15(18)19)13(17)12(6-10)16(20)21/h5-6,9,17H,7-8H2,1-4H3. The van der Waals surface area contributed by atoms with Crippen molar-refractivity contribution in [3.05, 3.63) is 37.9 Å². The molecule has 1 aromatic carbocycles. The maximum atomic E-state index is 10.9. The quantitative estimate of drug-likeness (QED) is 0.634. The molecular formula is C14H20N2O5. The predicted octanol–water partition coefficient (Wildman–Crippen LogP) is 3.82. The second-order valence-electron chi connectivity index (χ2n) is 6.44. The number of benzene rings is 1. The zero-order valence-corrected chi connectivity index (χ0v) is 12.6. The molecule has 0 heterocycles. The fourth-order valence-corrected chi connectivity index (χ4v) is 2.77. The van der Waals surface area contributed by atoms with Crippen LogP contribution in [0.1, 0.15) is 39.7 Å². The number of nitro groups is 2. The van der Waals surface area contributed by atoms with Crippen molar-refractivity contribution in [2.24, 2.45) is 11.3 Å². The van der Waals surface area contributed by atoms with Crippen LogP contribution in [0, 0.1) is 31.6 Å². The van der Waals surface area contributed by atoms with E-state index in [1.54, 1.807) is 0 Å². The summed E-state index contributed by atoms with van der Waals surface area (Å²) in [6, 6.07) is 2.43.